The summed E-state index contributed by atoms with van der Waals surface area (Å²) in [6.07, 6.45) is 2.11. The number of nitrogens with two attached hydrogens (primary N) is 1. The zero-order valence-corrected chi connectivity index (χ0v) is 12.6. The van der Waals surface area contributed by atoms with Crippen LogP contribution in [0.25, 0.3) is 0 Å². The summed E-state index contributed by atoms with van der Waals surface area (Å²) in [4.78, 5) is 0.0990. The topological polar surface area (TPSA) is 101 Å². The molecule has 0 aliphatic rings. The number of anilines is 1. The molecule has 0 aliphatic carbocycles. The fraction of sp³-hybridized carbons (Fsp3) is 0.455. The molecule has 1 rings (SSSR count). The van der Waals surface area contributed by atoms with E-state index in [1.807, 2.05) is 0 Å². The van der Waals surface area contributed by atoms with E-state index in [2.05, 4.69) is 10.1 Å². The van der Waals surface area contributed by atoms with Crippen molar-refractivity contribution in [2.24, 2.45) is 5.84 Å². The Bertz CT molecular complexity index is 546. The average Bonchev–Trinajstić information content (AvgIpc) is 2.35. The first kappa shape index (κ1) is 16.1. The van der Waals surface area contributed by atoms with Gasteiger partial charge in [0.25, 0.3) is 0 Å². The molecule has 19 heavy (non-hydrogen) atoms. The van der Waals surface area contributed by atoms with Gasteiger partial charge >= 0.3 is 0 Å². The third-order valence-corrected chi connectivity index (χ3v) is 4.99. The van der Waals surface area contributed by atoms with Crippen LogP contribution >= 0.6 is 0 Å². The first-order chi connectivity index (χ1) is 8.86. The van der Waals surface area contributed by atoms with Crippen LogP contribution in [0, 0.1) is 0 Å². The number of hydrogen-bond donors (Lipinski definition) is 3. The molecule has 4 N–H and O–H groups in total. The van der Waals surface area contributed by atoms with Crippen LogP contribution in [0.2, 0.25) is 0 Å². The predicted molar refractivity (Wildman–Crippen MR) is 77.6 cm³/mol. The van der Waals surface area contributed by atoms with Crippen LogP contribution in [0.15, 0.2) is 29.2 Å². The highest BCUT2D eigenvalue weighted by Crippen LogP contribution is 2.19. The summed E-state index contributed by atoms with van der Waals surface area (Å²) in [5, 5.41) is 0. The number of rotatable bonds is 7. The molecule has 0 amide bonds. The minimum atomic E-state index is -3.64. The van der Waals surface area contributed by atoms with Gasteiger partial charge in [0, 0.05) is 28.9 Å². The molecule has 8 heteroatoms. The second-order valence-electron chi connectivity index (χ2n) is 4.23. The third kappa shape index (κ3) is 4.90. The maximum Gasteiger partial charge on any atom is 0.242 e. The Morgan fingerprint density at radius 2 is 2.00 bits per heavy atom. The first-order valence-electron chi connectivity index (χ1n) is 5.75. The molecule has 0 aromatic heterocycles. The van der Waals surface area contributed by atoms with Crippen molar-refractivity contribution >= 4 is 26.5 Å². The molecule has 0 bridgehead atoms. The summed E-state index contributed by atoms with van der Waals surface area (Å²) in [5.41, 5.74) is 2.69. The molecule has 0 radical (unpaired) electrons. The average molecular weight is 305 g/mol. The Morgan fingerprint density at radius 3 is 2.58 bits per heavy atom. The Morgan fingerprint density at radius 1 is 1.37 bits per heavy atom. The molecule has 2 atom stereocenters. The smallest absolute Gasteiger partial charge is 0.242 e. The molecule has 6 nitrogen and oxygen atoms in total. The lowest BCUT2D eigenvalue weighted by molar-refractivity contribution is 0.556. The zero-order valence-electron chi connectivity index (χ0n) is 10.9. The summed E-state index contributed by atoms with van der Waals surface area (Å²) >= 11 is 0. The molecule has 1 aromatic carbocycles. The van der Waals surface area contributed by atoms with E-state index < -0.39 is 20.8 Å². The lowest BCUT2D eigenvalue weighted by Gasteiger charge is -2.15. The number of sulfonamides is 1. The minimum absolute atomic E-state index is 0.0990. The van der Waals surface area contributed by atoms with E-state index in [-0.39, 0.29) is 10.9 Å². The fourth-order valence-corrected chi connectivity index (χ4v) is 3.68. The Labute approximate surface area is 116 Å². The monoisotopic (exact) mass is 305 g/mol. The number of para-hydroxylation sites is 1. The van der Waals surface area contributed by atoms with Gasteiger partial charge in [0.1, 0.15) is 4.90 Å². The summed E-state index contributed by atoms with van der Waals surface area (Å²) in [6, 6.07) is 6.08. The van der Waals surface area contributed by atoms with Crippen LogP contribution in [0.1, 0.15) is 13.3 Å². The minimum Gasteiger partial charge on any atom is -0.323 e. The van der Waals surface area contributed by atoms with E-state index in [0.29, 0.717) is 17.9 Å². The number of hydrogen-bond acceptors (Lipinski definition) is 5. The van der Waals surface area contributed by atoms with E-state index in [4.69, 9.17) is 5.84 Å². The normalized spacial score (nSPS) is 14.9. The maximum absolute atomic E-state index is 12.2. The third-order valence-electron chi connectivity index (χ3n) is 2.53. The molecule has 0 saturated heterocycles. The van der Waals surface area contributed by atoms with Gasteiger partial charge in [0.15, 0.2) is 0 Å². The molecule has 108 valence electrons. The van der Waals surface area contributed by atoms with Gasteiger partial charge in [-0.3, -0.25) is 10.1 Å². The van der Waals surface area contributed by atoms with Crippen molar-refractivity contribution in [2.75, 3.05) is 17.4 Å². The molecular formula is C11H19N3O3S2. The van der Waals surface area contributed by atoms with Gasteiger partial charge in [-0.2, -0.15) is 0 Å². The molecule has 2 unspecified atom stereocenters. The second kappa shape index (κ2) is 6.99. The highest BCUT2D eigenvalue weighted by molar-refractivity contribution is 7.89. The highest BCUT2D eigenvalue weighted by atomic mass is 32.2. The van der Waals surface area contributed by atoms with E-state index >= 15 is 0 Å². The summed E-state index contributed by atoms with van der Waals surface area (Å²) in [6.45, 7) is 1.74. The summed E-state index contributed by atoms with van der Waals surface area (Å²) in [5.74, 6) is 5.75. The fourth-order valence-electron chi connectivity index (χ4n) is 1.55. The molecule has 0 aliphatic heterocycles. The van der Waals surface area contributed by atoms with Gasteiger partial charge in [0.05, 0.1) is 5.69 Å². The van der Waals surface area contributed by atoms with E-state index in [1.165, 1.54) is 6.07 Å². The number of benzene rings is 1. The van der Waals surface area contributed by atoms with Crippen LogP contribution in [-0.4, -0.2) is 30.7 Å². The predicted octanol–water partition coefficient (Wildman–Crippen LogP) is 0.408. The Balaban J connectivity index is 2.83. The summed E-state index contributed by atoms with van der Waals surface area (Å²) in [7, 11) is -4.57. The van der Waals surface area contributed by atoms with Gasteiger partial charge in [-0.05, 0) is 25.5 Å². The zero-order chi connectivity index (χ0) is 14.5. The van der Waals surface area contributed by atoms with Crippen LogP contribution in [0.5, 0.6) is 0 Å². The Hall–Kier alpha value is -0.960. The van der Waals surface area contributed by atoms with Crippen molar-refractivity contribution in [3.8, 4) is 0 Å². The van der Waals surface area contributed by atoms with E-state index in [9.17, 15) is 12.6 Å². The summed E-state index contributed by atoms with van der Waals surface area (Å²) < 4.78 is 37.9. The SMILES string of the molecule is CC(CCS(C)=O)NS(=O)(=O)c1ccccc1NN. The highest BCUT2D eigenvalue weighted by Gasteiger charge is 2.20. The number of hydrazine groups is 1. The van der Waals surface area contributed by atoms with Crippen LogP contribution in [0.3, 0.4) is 0 Å². The van der Waals surface area contributed by atoms with Gasteiger partial charge in [0.2, 0.25) is 10.0 Å². The molecule has 0 heterocycles. The van der Waals surface area contributed by atoms with Crippen molar-refractivity contribution in [3.63, 3.8) is 0 Å². The maximum atomic E-state index is 12.2. The molecular weight excluding hydrogens is 286 g/mol. The van der Waals surface area contributed by atoms with Crippen molar-refractivity contribution < 1.29 is 12.6 Å². The molecule has 1 aromatic rings. The molecule has 0 saturated carbocycles. The standard InChI is InChI=1S/C11H19N3O3S2/c1-9(7-8-18(2)15)14-19(16,17)11-6-4-3-5-10(11)13-12/h3-6,9,13-14H,7-8,12H2,1-2H3. The van der Waals surface area contributed by atoms with Crippen LogP contribution in [-0.2, 0) is 20.8 Å². The molecule has 0 fully saturated rings. The van der Waals surface area contributed by atoms with E-state index in [0.717, 1.165) is 0 Å². The Kier molecular flexibility index (Phi) is 5.92. The largest absolute Gasteiger partial charge is 0.323 e. The quantitative estimate of drug-likeness (QED) is 0.500. The van der Waals surface area contributed by atoms with Crippen molar-refractivity contribution in [2.45, 2.75) is 24.3 Å². The number of nitrogen functional groups attached to an aromatic ring is 1. The van der Waals surface area contributed by atoms with Crippen molar-refractivity contribution in [3.05, 3.63) is 24.3 Å². The molecule has 0 spiro atoms. The lowest BCUT2D eigenvalue weighted by atomic mass is 10.3. The van der Waals surface area contributed by atoms with Gasteiger partial charge in [-0.15, -0.1) is 0 Å². The van der Waals surface area contributed by atoms with Crippen molar-refractivity contribution in [1.82, 2.24) is 4.72 Å². The van der Waals surface area contributed by atoms with Gasteiger partial charge < -0.3 is 5.43 Å². The van der Waals surface area contributed by atoms with Gasteiger partial charge in [-0.1, -0.05) is 12.1 Å². The first-order valence-corrected chi connectivity index (χ1v) is 8.96. The van der Waals surface area contributed by atoms with E-state index in [1.54, 1.807) is 31.4 Å². The lowest BCUT2D eigenvalue weighted by Crippen LogP contribution is -2.34. The van der Waals surface area contributed by atoms with Crippen LogP contribution in [0.4, 0.5) is 5.69 Å². The number of nitrogens with one attached hydrogen (secondary N) is 2. The van der Waals surface area contributed by atoms with Crippen molar-refractivity contribution in [1.29, 1.82) is 0 Å². The van der Waals surface area contributed by atoms with Crippen LogP contribution < -0.4 is 16.0 Å². The van der Waals surface area contributed by atoms with Gasteiger partial charge in [-0.25, -0.2) is 13.1 Å². The second-order valence-corrected chi connectivity index (χ2v) is 7.47.